The maximum atomic E-state index is 12.7. The Labute approximate surface area is 89.0 Å². The molecule has 0 fully saturated rings. The maximum absolute atomic E-state index is 12.7. The number of halogens is 7. The van der Waals surface area contributed by atoms with Gasteiger partial charge in [-0.1, -0.05) is 6.92 Å². The third kappa shape index (κ3) is 2.47. The SMILES string of the molecule is CCN(C)S(=O)C(F)(F)C(F)(F)C(F)(F)F. The van der Waals surface area contributed by atoms with Gasteiger partial charge < -0.3 is 0 Å². The Morgan fingerprint density at radius 3 is 1.69 bits per heavy atom. The molecular weight excluding hydrogens is 267 g/mol. The summed E-state index contributed by atoms with van der Waals surface area (Å²) in [6.07, 6.45) is -6.46. The molecule has 0 aliphatic heterocycles. The molecule has 0 radical (unpaired) electrons. The van der Waals surface area contributed by atoms with E-state index in [2.05, 4.69) is 0 Å². The van der Waals surface area contributed by atoms with Crippen LogP contribution in [0.1, 0.15) is 6.92 Å². The molecule has 10 heteroatoms. The molecule has 0 saturated heterocycles. The summed E-state index contributed by atoms with van der Waals surface area (Å²) in [7, 11) is -3.01. The third-order valence-corrected chi connectivity index (χ3v) is 3.19. The lowest BCUT2D eigenvalue weighted by atomic mass is 10.3. The summed E-state index contributed by atoms with van der Waals surface area (Å²) in [6.45, 7) is 0.815. The quantitative estimate of drug-likeness (QED) is 0.721. The molecular formula is C6H8F7NOS. The van der Waals surface area contributed by atoms with Crippen molar-refractivity contribution in [1.29, 1.82) is 0 Å². The normalized spacial score (nSPS) is 16.6. The molecule has 0 aromatic rings. The van der Waals surface area contributed by atoms with E-state index in [1.807, 2.05) is 0 Å². The molecule has 0 aromatic carbocycles. The van der Waals surface area contributed by atoms with Gasteiger partial charge in [-0.05, 0) is 7.05 Å². The summed E-state index contributed by atoms with van der Waals surface area (Å²) in [5.41, 5.74) is 0. The Hall–Kier alpha value is -0.380. The number of nitrogens with zero attached hydrogens (tertiary/aromatic N) is 1. The van der Waals surface area contributed by atoms with E-state index in [0.717, 1.165) is 7.05 Å². The molecule has 0 aliphatic rings. The van der Waals surface area contributed by atoms with E-state index in [9.17, 15) is 34.9 Å². The lowest BCUT2D eigenvalue weighted by molar-refractivity contribution is -0.331. The van der Waals surface area contributed by atoms with Gasteiger partial charge in [-0.15, -0.1) is 0 Å². The smallest absolute Gasteiger partial charge is 0.236 e. The number of hydrogen-bond acceptors (Lipinski definition) is 1. The highest BCUT2D eigenvalue weighted by Gasteiger charge is 2.76. The predicted molar refractivity (Wildman–Crippen MR) is 42.4 cm³/mol. The van der Waals surface area contributed by atoms with Crippen LogP contribution in [0.2, 0.25) is 0 Å². The average molecular weight is 275 g/mol. The number of rotatable bonds is 4. The predicted octanol–water partition coefficient (Wildman–Crippen LogP) is 2.39. The molecule has 0 aliphatic carbocycles. The van der Waals surface area contributed by atoms with Crippen LogP contribution in [-0.2, 0) is 11.0 Å². The summed E-state index contributed by atoms with van der Waals surface area (Å²) >= 11 is 0. The fourth-order valence-corrected chi connectivity index (χ4v) is 1.55. The molecule has 0 aromatic heterocycles. The zero-order valence-electron chi connectivity index (χ0n) is 8.12. The first kappa shape index (κ1) is 15.6. The molecule has 98 valence electrons. The van der Waals surface area contributed by atoms with E-state index in [-0.39, 0.29) is 10.8 Å². The minimum atomic E-state index is -6.46. The van der Waals surface area contributed by atoms with Crippen LogP contribution in [0.5, 0.6) is 0 Å². The first-order valence-electron chi connectivity index (χ1n) is 3.85. The standard InChI is InChI=1S/C6H8F7NOS/c1-3-14(2)16(15)6(12,13)4(7,8)5(9,10)11/h3H2,1-2H3. The van der Waals surface area contributed by atoms with E-state index < -0.39 is 28.3 Å². The molecule has 1 unspecified atom stereocenters. The van der Waals surface area contributed by atoms with E-state index in [1.54, 1.807) is 0 Å². The first-order chi connectivity index (χ1) is 6.89. The Balaban J connectivity index is 5.28. The topological polar surface area (TPSA) is 20.3 Å². The molecule has 0 rings (SSSR count). The van der Waals surface area contributed by atoms with Crippen LogP contribution >= 0.6 is 0 Å². The summed E-state index contributed by atoms with van der Waals surface area (Å²) in [5, 5.41) is -5.70. The molecule has 1 atom stereocenters. The second-order valence-corrected chi connectivity index (χ2v) is 4.42. The van der Waals surface area contributed by atoms with Crippen molar-refractivity contribution in [2.24, 2.45) is 0 Å². The Bertz CT molecular complexity index is 277. The summed E-state index contributed by atoms with van der Waals surface area (Å²) in [5.74, 6) is -6.34. The third-order valence-electron chi connectivity index (χ3n) is 1.67. The Morgan fingerprint density at radius 1 is 1.06 bits per heavy atom. The molecule has 2 nitrogen and oxygen atoms in total. The largest absolute Gasteiger partial charge is 0.461 e. The lowest BCUT2D eigenvalue weighted by Gasteiger charge is -2.29. The van der Waals surface area contributed by atoms with Gasteiger partial charge in [-0.3, -0.25) is 0 Å². The molecule has 16 heavy (non-hydrogen) atoms. The molecule has 0 saturated carbocycles. The highest BCUT2D eigenvalue weighted by molar-refractivity contribution is 7.83. The van der Waals surface area contributed by atoms with Crippen LogP contribution < -0.4 is 0 Å². The number of hydrogen-bond donors (Lipinski definition) is 0. The van der Waals surface area contributed by atoms with Crippen molar-refractivity contribution in [1.82, 2.24) is 4.31 Å². The van der Waals surface area contributed by atoms with Gasteiger partial charge in [0.15, 0.2) is 11.0 Å². The zero-order chi connectivity index (χ0) is 13.4. The van der Waals surface area contributed by atoms with Gasteiger partial charge in [-0.25, -0.2) is 8.51 Å². The van der Waals surface area contributed by atoms with Gasteiger partial charge in [0.2, 0.25) is 0 Å². The van der Waals surface area contributed by atoms with Crippen LogP contribution in [0.3, 0.4) is 0 Å². The highest BCUT2D eigenvalue weighted by Crippen LogP contribution is 2.48. The van der Waals surface area contributed by atoms with Crippen LogP contribution in [0.25, 0.3) is 0 Å². The fourth-order valence-electron chi connectivity index (χ4n) is 0.588. The molecule has 0 heterocycles. The van der Waals surface area contributed by atoms with Crippen molar-refractivity contribution in [2.75, 3.05) is 13.6 Å². The van der Waals surface area contributed by atoms with Gasteiger partial charge in [0.05, 0.1) is 0 Å². The summed E-state index contributed by atoms with van der Waals surface area (Å²) < 4.78 is 96.2. The summed E-state index contributed by atoms with van der Waals surface area (Å²) in [4.78, 5) is 0. The van der Waals surface area contributed by atoms with Crippen molar-refractivity contribution in [2.45, 2.75) is 24.3 Å². The lowest BCUT2D eigenvalue weighted by Crippen LogP contribution is -2.56. The minimum Gasteiger partial charge on any atom is -0.236 e. The molecule has 0 bridgehead atoms. The van der Waals surface area contributed by atoms with Crippen LogP contribution in [0.4, 0.5) is 30.7 Å². The van der Waals surface area contributed by atoms with Crippen LogP contribution in [0, 0.1) is 0 Å². The summed E-state index contributed by atoms with van der Waals surface area (Å²) in [6, 6.07) is 0. The van der Waals surface area contributed by atoms with Gasteiger partial charge in [-0.2, -0.15) is 30.7 Å². The Morgan fingerprint density at radius 2 is 1.44 bits per heavy atom. The molecule has 0 N–H and O–H groups in total. The van der Waals surface area contributed by atoms with Crippen molar-refractivity contribution < 1.29 is 34.9 Å². The monoisotopic (exact) mass is 275 g/mol. The molecule has 0 amide bonds. The average Bonchev–Trinajstić information content (AvgIpc) is 2.13. The van der Waals surface area contributed by atoms with Crippen molar-refractivity contribution in [3.63, 3.8) is 0 Å². The van der Waals surface area contributed by atoms with Gasteiger partial charge >= 0.3 is 17.4 Å². The van der Waals surface area contributed by atoms with E-state index in [4.69, 9.17) is 0 Å². The highest BCUT2D eigenvalue weighted by atomic mass is 32.2. The molecule has 0 spiro atoms. The van der Waals surface area contributed by atoms with Gasteiger partial charge in [0.1, 0.15) is 0 Å². The van der Waals surface area contributed by atoms with Crippen LogP contribution in [0.15, 0.2) is 0 Å². The van der Waals surface area contributed by atoms with Gasteiger partial charge in [0.25, 0.3) is 0 Å². The second kappa shape index (κ2) is 4.47. The Kier molecular flexibility index (Phi) is 4.37. The van der Waals surface area contributed by atoms with Crippen molar-refractivity contribution in [3.8, 4) is 0 Å². The maximum Gasteiger partial charge on any atom is 0.461 e. The fraction of sp³-hybridized carbons (Fsp3) is 1.00. The van der Waals surface area contributed by atoms with E-state index in [0.29, 0.717) is 0 Å². The van der Waals surface area contributed by atoms with Crippen LogP contribution in [-0.4, -0.2) is 39.5 Å². The second-order valence-electron chi connectivity index (χ2n) is 2.78. The van der Waals surface area contributed by atoms with E-state index in [1.165, 1.54) is 6.92 Å². The number of alkyl halides is 7. The first-order valence-corrected chi connectivity index (χ1v) is 4.95. The van der Waals surface area contributed by atoms with Crippen molar-refractivity contribution >= 4 is 11.0 Å². The van der Waals surface area contributed by atoms with E-state index >= 15 is 0 Å². The van der Waals surface area contributed by atoms with Gasteiger partial charge in [0, 0.05) is 6.54 Å². The minimum absolute atomic E-state index is 0.194. The zero-order valence-corrected chi connectivity index (χ0v) is 8.93. The van der Waals surface area contributed by atoms with Crippen molar-refractivity contribution in [3.05, 3.63) is 0 Å².